The molecule has 22 heavy (non-hydrogen) atoms. The molecular weight excluding hydrogens is 317 g/mol. The first kappa shape index (κ1) is 14.6. The van der Waals surface area contributed by atoms with Gasteiger partial charge in [-0.25, -0.2) is 4.98 Å². The Morgan fingerprint density at radius 3 is 2.45 bits per heavy atom. The minimum atomic E-state index is -4.62. The van der Waals surface area contributed by atoms with Crippen molar-refractivity contribution in [1.82, 2.24) is 19.6 Å². The van der Waals surface area contributed by atoms with Gasteiger partial charge in [0.1, 0.15) is 10.8 Å². The largest absolute Gasteiger partial charge is 0.508 e. The zero-order chi connectivity index (χ0) is 15.9. The van der Waals surface area contributed by atoms with E-state index in [1.807, 2.05) is 0 Å². The predicted octanol–water partition coefficient (Wildman–Crippen LogP) is 3.31. The molecule has 0 bridgehead atoms. The summed E-state index contributed by atoms with van der Waals surface area (Å²) in [6.07, 6.45) is -4.62. The first-order chi connectivity index (χ1) is 10.3. The van der Waals surface area contributed by atoms with Crippen LogP contribution in [0.25, 0.3) is 5.78 Å². The van der Waals surface area contributed by atoms with Crippen LogP contribution in [0, 0.1) is 6.92 Å². The molecule has 0 aliphatic rings. The van der Waals surface area contributed by atoms with Crippen LogP contribution in [0.15, 0.2) is 40.3 Å². The summed E-state index contributed by atoms with van der Waals surface area (Å²) in [4.78, 5) is 8.13. The molecule has 0 aliphatic carbocycles. The van der Waals surface area contributed by atoms with Gasteiger partial charge in [0.15, 0.2) is 0 Å². The number of phenolic OH excluding ortho intramolecular Hbond substituents is 1. The van der Waals surface area contributed by atoms with Crippen LogP contribution in [0.1, 0.15) is 11.5 Å². The van der Waals surface area contributed by atoms with Crippen LogP contribution < -0.4 is 0 Å². The van der Waals surface area contributed by atoms with Crippen molar-refractivity contribution in [3.05, 3.63) is 41.9 Å². The van der Waals surface area contributed by atoms with E-state index in [-0.39, 0.29) is 11.5 Å². The molecule has 0 amide bonds. The van der Waals surface area contributed by atoms with Crippen LogP contribution in [0.2, 0.25) is 0 Å². The van der Waals surface area contributed by atoms with E-state index in [9.17, 15) is 18.3 Å². The predicted molar refractivity (Wildman–Crippen MR) is 72.8 cm³/mol. The third-order valence-electron chi connectivity index (χ3n) is 2.72. The maximum atomic E-state index is 12.7. The molecule has 0 saturated carbocycles. The summed E-state index contributed by atoms with van der Waals surface area (Å²) in [7, 11) is 0. The molecule has 114 valence electrons. The lowest BCUT2D eigenvalue weighted by atomic mass is 10.3. The Morgan fingerprint density at radius 1 is 1.14 bits per heavy atom. The van der Waals surface area contributed by atoms with E-state index in [0.29, 0.717) is 10.7 Å². The summed E-state index contributed by atoms with van der Waals surface area (Å²) in [5, 5.41) is 13.2. The molecule has 3 rings (SSSR count). The number of phenols is 1. The normalized spacial score (nSPS) is 12.0. The number of halogens is 3. The van der Waals surface area contributed by atoms with E-state index in [0.717, 1.165) is 9.41 Å². The molecule has 9 heteroatoms. The highest BCUT2D eigenvalue weighted by atomic mass is 32.2. The Labute approximate surface area is 126 Å². The van der Waals surface area contributed by atoms with E-state index in [2.05, 4.69) is 15.1 Å². The van der Waals surface area contributed by atoms with Crippen LogP contribution in [0.3, 0.4) is 0 Å². The van der Waals surface area contributed by atoms with Crippen molar-refractivity contribution in [3.8, 4) is 5.75 Å². The van der Waals surface area contributed by atoms with E-state index >= 15 is 0 Å². The van der Waals surface area contributed by atoms with Gasteiger partial charge >= 0.3 is 6.18 Å². The monoisotopic (exact) mass is 326 g/mol. The third-order valence-corrected chi connectivity index (χ3v) is 3.73. The average Bonchev–Trinajstić information content (AvgIpc) is 2.85. The average molecular weight is 326 g/mol. The lowest BCUT2D eigenvalue weighted by Crippen LogP contribution is -2.07. The van der Waals surface area contributed by atoms with Gasteiger partial charge in [-0.3, -0.25) is 0 Å². The molecule has 5 nitrogen and oxygen atoms in total. The molecular formula is C13H9F3N4OS. The molecule has 1 N–H and O–H groups in total. The van der Waals surface area contributed by atoms with Crippen molar-refractivity contribution in [2.75, 3.05) is 0 Å². The van der Waals surface area contributed by atoms with E-state index in [1.54, 1.807) is 25.1 Å². The standard InChI is InChI=1S/C13H9F3N4OS/c1-7-6-10(22-9-4-2-8(21)3-5-9)20-12(17-7)18-11(19-20)13(14,15)16/h2-6,21H,1H3. The Morgan fingerprint density at radius 2 is 1.82 bits per heavy atom. The lowest BCUT2D eigenvalue weighted by Gasteiger charge is -2.05. The van der Waals surface area contributed by atoms with Gasteiger partial charge in [-0.15, -0.1) is 5.10 Å². The van der Waals surface area contributed by atoms with Gasteiger partial charge in [0, 0.05) is 10.6 Å². The number of benzene rings is 1. The summed E-state index contributed by atoms with van der Waals surface area (Å²) in [5.41, 5.74) is 0.537. The minimum Gasteiger partial charge on any atom is -0.508 e. The second-order valence-electron chi connectivity index (χ2n) is 4.48. The summed E-state index contributed by atoms with van der Waals surface area (Å²) in [5.74, 6) is -1.22. The number of hydrogen-bond donors (Lipinski definition) is 1. The Kier molecular flexibility index (Phi) is 3.44. The van der Waals surface area contributed by atoms with Crippen LogP contribution in [-0.2, 0) is 6.18 Å². The van der Waals surface area contributed by atoms with Gasteiger partial charge in [-0.05, 0) is 37.3 Å². The first-order valence-electron chi connectivity index (χ1n) is 6.11. The number of rotatable bonds is 2. The van der Waals surface area contributed by atoms with Crippen LogP contribution in [0.5, 0.6) is 5.75 Å². The Balaban J connectivity index is 2.08. The van der Waals surface area contributed by atoms with Crippen LogP contribution >= 0.6 is 11.8 Å². The zero-order valence-electron chi connectivity index (χ0n) is 11.2. The maximum Gasteiger partial charge on any atom is 0.453 e. The Hall–Kier alpha value is -2.29. The molecule has 3 aromatic rings. The smallest absolute Gasteiger partial charge is 0.453 e. The number of nitrogens with zero attached hydrogens (tertiary/aromatic N) is 4. The fraction of sp³-hybridized carbons (Fsp3) is 0.154. The van der Waals surface area contributed by atoms with Crippen LogP contribution in [-0.4, -0.2) is 24.7 Å². The Bertz CT molecular complexity index is 830. The molecule has 0 fully saturated rings. The number of alkyl halides is 3. The highest BCUT2D eigenvalue weighted by Gasteiger charge is 2.36. The van der Waals surface area contributed by atoms with Gasteiger partial charge < -0.3 is 5.11 Å². The van der Waals surface area contributed by atoms with Gasteiger partial charge in [0.05, 0.1) is 0 Å². The summed E-state index contributed by atoms with van der Waals surface area (Å²) < 4.78 is 39.2. The molecule has 2 aromatic heterocycles. The van der Waals surface area contributed by atoms with Gasteiger partial charge in [-0.2, -0.15) is 22.7 Å². The zero-order valence-corrected chi connectivity index (χ0v) is 12.0. The molecule has 0 unspecified atom stereocenters. The van der Waals surface area contributed by atoms with Crippen molar-refractivity contribution in [3.63, 3.8) is 0 Å². The van der Waals surface area contributed by atoms with Crippen molar-refractivity contribution in [2.24, 2.45) is 0 Å². The van der Waals surface area contributed by atoms with Crippen LogP contribution in [0.4, 0.5) is 13.2 Å². The van der Waals surface area contributed by atoms with Crippen molar-refractivity contribution < 1.29 is 18.3 Å². The number of aromatic hydroxyl groups is 1. The molecule has 0 aliphatic heterocycles. The molecule has 2 heterocycles. The number of fused-ring (bicyclic) bond motifs is 1. The molecule has 1 aromatic carbocycles. The molecule has 0 atom stereocenters. The highest BCUT2D eigenvalue weighted by Crippen LogP contribution is 2.31. The third kappa shape index (κ3) is 2.84. The fourth-order valence-corrected chi connectivity index (χ4v) is 2.73. The maximum absolute atomic E-state index is 12.7. The summed E-state index contributed by atoms with van der Waals surface area (Å²) in [6.45, 7) is 1.67. The minimum absolute atomic E-state index is 0.103. The van der Waals surface area contributed by atoms with E-state index in [1.165, 1.54) is 23.9 Å². The number of aryl methyl sites for hydroxylation is 1. The topological polar surface area (TPSA) is 63.3 Å². The quantitative estimate of drug-likeness (QED) is 0.732. The van der Waals surface area contributed by atoms with Crippen molar-refractivity contribution in [2.45, 2.75) is 23.0 Å². The summed E-state index contributed by atoms with van der Waals surface area (Å²) >= 11 is 1.21. The molecule has 0 spiro atoms. The fourth-order valence-electron chi connectivity index (χ4n) is 1.78. The highest BCUT2D eigenvalue weighted by molar-refractivity contribution is 7.99. The molecule has 0 saturated heterocycles. The van der Waals surface area contributed by atoms with Gasteiger partial charge in [-0.1, -0.05) is 11.8 Å². The number of hydrogen-bond acceptors (Lipinski definition) is 5. The number of aromatic nitrogens is 4. The summed E-state index contributed by atoms with van der Waals surface area (Å²) in [6, 6.07) is 7.93. The SMILES string of the molecule is Cc1cc(Sc2ccc(O)cc2)n2nc(C(F)(F)F)nc2n1. The van der Waals surface area contributed by atoms with Gasteiger partial charge in [0.25, 0.3) is 11.6 Å². The second kappa shape index (κ2) is 5.16. The van der Waals surface area contributed by atoms with E-state index < -0.39 is 12.0 Å². The van der Waals surface area contributed by atoms with Gasteiger partial charge in [0.2, 0.25) is 0 Å². The first-order valence-corrected chi connectivity index (χ1v) is 6.93. The second-order valence-corrected chi connectivity index (χ2v) is 5.57. The van der Waals surface area contributed by atoms with E-state index in [4.69, 9.17) is 0 Å². The molecule has 0 radical (unpaired) electrons. The van der Waals surface area contributed by atoms with Crippen molar-refractivity contribution >= 4 is 17.5 Å². The lowest BCUT2D eigenvalue weighted by molar-refractivity contribution is -0.144. The van der Waals surface area contributed by atoms with Crippen molar-refractivity contribution in [1.29, 1.82) is 0 Å².